The second-order valence-corrected chi connectivity index (χ2v) is 2.31. The number of hydrogen-bond acceptors (Lipinski definition) is 4. The van der Waals surface area contributed by atoms with Crippen LogP contribution in [0.5, 0.6) is 0 Å². The number of nitrogens with zero attached hydrogens (tertiary/aromatic N) is 2. The molecule has 0 N–H and O–H groups in total. The summed E-state index contributed by atoms with van der Waals surface area (Å²) in [4.78, 5) is 24.9. The molecule has 13 heavy (non-hydrogen) atoms. The summed E-state index contributed by atoms with van der Waals surface area (Å²) in [5.74, 6) is -0.368. The molecule has 0 fully saturated rings. The van der Waals surface area contributed by atoms with Gasteiger partial charge in [0.2, 0.25) is 0 Å². The quantitative estimate of drug-likeness (QED) is 0.384. The molecule has 0 amide bonds. The van der Waals surface area contributed by atoms with Gasteiger partial charge in [-0.3, -0.25) is 4.79 Å². The van der Waals surface area contributed by atoms with Crippen molar-refractivity contribution in [3.8, 4) is 6.07 Å². The van der Waals surface area contributed by atoms with E-state index in [1.54, 1.807) is 6.07 Å². The van der Waals surface area contributed by atoms with Gasteiger partial charge in [-0.1, -0.05) is 6.07 Å². The van der Waals surface area contributed by atoms with E-state index in [0.717, 1.165) is 0 Å². The average molecular weight is 174 g/mol. The molecule has 1 aromatic rings. The number of aromatic nitrogens is 1. The van der Waals surface area contributed by atoms with Gasteiger partial charge >= 0.3 is 0 Å². The van der Waals surface area contributed by atoms with E-state index in [9.17, 15) is 9.59 Å². The first kappa shape index (κ1) is 9.07. The fourth-order valence-electron chi connectivity index (χ4n) is 0.833. The smallest absolute Gasteiger partial charge is 0.188 e. The van der Waals surface area contributed by atoms with Crippen LogP contribution in [0.2, 0.25) is 0 Å². The minimum atomic E-state index is -0.368. The van der Waals surface area contributed by atoms with Gasteiger partial charge in [-0.2, -0.15) is 5.26 Å². The molecule has 1 aromatic heterocycles. The van der Waals surface area contributed by atoms with Gasteiger partial charge in [0, 0.05) is 0 Å². The Labute approximate surface area is 74.8 Å². The molecular formula is C9H6N2O2. The van der Waals surface area contributed by atoms with Gasteiger partial charge in [-0.25, -0.2) is 4.98 Å². The summed E-state index contributed by atoms with van der Waals surface area (Å²) >= 11 is 0. The molecule has 0 spiro atoms. The summed E-state index contributed by atoms with van der Waals surface area (Å²) in [5, 5.41) is 8.48. The monoisotopic (exact) mass is 174 g/mol. The van der Waals surface area contributed by atoms with Crippen LogP contribution in [0, 0.1) is 11.3 Å². The van der Waals surface area contributed by atoms with Gasteiger partial charge in [0.25, 0.3) is 0 Å². The van der Waals surface area contributed by atoms with Crippen LogP contribution in [0.4, 0.5) is 0 Å². The number of hydrogen-bond donors (Lipinski definition) is 0. The van der Waals surface area contributed by atoms with Gasteiger partial charge < -0.3 is 4.79 Å². The van der Waals surface area contributed by atoms with Crippen molar-refractivity contribution in [2.75, 3.05) is 0 Å². The van der Waals surface area contributed by atoms with E-state index in [0.29, 0.717) is 6.29 Å². The van der Waals surface area contributed by atoms with Crippen LogP contribution in [0.1, 0.15) is 22.6 Å². The Hall–Kier alpha value is -2.02. The number of rotatable bonds is 3. The minimum absolute atomic E-state index is 0.158. The summed E-state index contributed by atoms with van der Waals surface area (Å²) in [6, 6.07) is 6.35. The maximum absolute atomic E-state index is 11.1. The number of nitriles is 1. The summed E-state index contributed by atoms with van der Waals surface area (Å²) in [7, 11) is 0. The van der Waals surface area contributed by atoms with Crippen LogP contribution >= 0.6 is 0 Å². The predicted molar refractivity (Wildman–Crippen MR) is 44.0 cm³/mol. The normalized spacial score (nSPS) is 8.85. The van der Waals surface area contributed by atoms with Crippen LogP contribution in [0.25, 0.3) is 0 Å². The second kappa shape index (κ2) is 4.12. The highest BCUT2D eigenvalue weighted by Gasteiger charge is 2.06. The standard InChI is InChI=1S/C9H6N2O2/c10-6-7-2-1-3-8(11-7)9(13)4-5-12/h1-3,5H,4H2. The Morgan fingerprint density at radius 3 is 3.00 bits per heavy atom. The van der Waals surface area contributed by atoms with Gasteiger partial charge in [0.05, 0.1) is 6.42 Å². The minimum Gasteiger partial charge on any atom is -0.303 e. The average Bonchev–Trinajstić information content (AvgIpc) is 2.18. The molecule has 0 aromatic carbocycles. The Kier molecular flexibility index (Phi) is 2.87. The Bertz CT molecular complexity index is 379. The van der Waals surface area contributed by atoms with Crippen LogP contribution < -0.4 is 0 Å². The number of aldehydes is 1. The van der Waals surface area contributed by atoms with Crippen molar-refractivity contribution >= 4 is 12.1 Å². The highest BCUT2D eigenvalue weighted by molar-refractivity contribution is 6.01. The molecule has 0 aliphatic heterocycles. The zero-order chi connectivity index (χ0) is 9.68. The van der Waals surface area contributed by atoms with Crippen molar-refractivity contribution in [1.29, 1.82) is 5.26 Å². The number of Topliss-reactive ketones (excluding diaryl/α,β-unsaturated/α-hetero) is 1. The summed E-state index contributed by atoms with van der Waals surface area (Å²) < 4.78 is 0. The van der Waals surface area contributed by atoms with E-state index in [1.807, 2.05) is 6.07 Å². The van der Waals surface area contributed by atoms with E-state index in [4.69, 9.17) is 5.26 Å². The van der Waals surface area contributed by atoms with Crippen molar-refractivity contribution in [2.24, 2.45) is 0 Å². The van der Waals surface area contributed by atoms with Crippen molar-refractivity contribution in [3.63, 3.8) is 0 Å². The molecule has 0 atom stereocenters. The third-order valence-corrected chi connectivity index (χ3v) is 1.42. The number of carbonyl (C=O) groups excluding carboxylic acids is 2. The SMILES string of the molecule is N#Cc1cccc(C(=O)CC=O)n1. The molecule has 0 aliphatic rings. The molecule has 0 saturated carbocycles. The fourth-order valence-corrected chi connectivity index (χ4v) is 0.833. The molecule has 0 saturated heterocycles. The first-order chi connectivity index (χ1) is 6.27. The predicted octanol–water partition coefficient (Wildman–Crippen LogP) is 0.725. The molecule has 64 valence electrons. The molecule has 1 rings (SSSR count). The fraction of sp³-hybridized carbons (Fsp3) is 0.111. The summed E-state index contributed by atoms with van der Waals surface area (Å²) in [6.45, 7) is 0. The number of ketones is 1. The lowest BCUT2D eigenvalue weighted by molar-refractivity contribution is -0.107. The summed E-state index contributed by atoms with van der Waals surface area (Å²) in [6.07, 6.45) is 0.324. The van der Waals surface area contributed by atoms with E-state index >= 15 is 0 Å². The third-order valence-electron chi connectivity index (χ3n) is 1.42. The van der Waals surface area contributed by atoms with Gasteiger partial charge in [-0.15, -0.1) is 0 Å². The van der Waals surface area contributed by atoms with Crippen molar-refractivity contribution in [2.45, 2.75) is 6.42 Å². The highest BCUT2D eigenvalue weighted by atomic mass is 16.1. The lowest BCUT2D eigenvalue weighted by atomic mass is 10.2. The molecule has 0 aliphatic carbocycles. The van der Waals surface area contributed by atoms with Crippen LogP contribution in [-0.4, -0.2) is 17.1 Å². The maximum Gasteiger partial charge on any atom is 0.188 e. The zero-order valence-corrected chi connectivity index (χ0v) is 6.73. The highest BCUT2D eigenvalue weighted by Crippen LogP contribution is 2.00. The topological polar surface area (TPSA) is 70.8 Å². The molecule has 0 radical (unpaired) electrons. The Morgan fingerprint density at radius 1 is 1.62 bits per heavy atom. The van der Waals surface area contributed by atoms with Crippen molar-refractivity contribution in [3.05, 3.63) is 29.6 Å². The first-order valence-corrected chi connectivity index (χ1v) is 3.62. The molecule has 4 nitrogen and oxygen atoms in total. The Balaban J connectivity index is 2.96. The van der Waals surface area contributed by atoms with Crippen molar-refractivity contribution in [1.82, 2.24) is 4.98 Å². The third kappa shape index (κ3) is 2.20. The molecule has 1 heterocycles. The summed E-state index contributed by atoms with van der Waals surface area (Å²) in [5.41, 5.74) is 0.336. The lowest BCUT2D eigenvalue weighted by Gasteiger charge is -1.94. The Morgan fingerprint density at radius 2 is 2.38 bits per heavy atom. The molecular weight excluding hydrogens is 168 g/mol. The first-order valence-electron chi connectivity index (χ1n) is 3.62. The van der Waals surface area contributed by atoms with E-state index in [2.05, 4.69) is 4.98 Å². The largest absolute Gasteiger partial charge is 0.303 e. The lowest BCUT2D eigenvalue weighted by Crippen LogP contribution is -2.03. The maximum atomic E-state index is 11.1. The molecule has 0 bridgehead atoms. The van der Waals surface area contributed by atoms with Crippen molar-refractivity contribution < 1.29 is 9.59 Å². The van der Waals surface area contributed by atoms with Crippen LogP contribution in [0.3, 0.4) is 0 Å². The van der Waals surface area contributed by atoms with Gasteiger partial charge in [0.15, 0.2) is 5.78 Å². The van der Waals surface area contributed by atoms with Crippen LogP contribution in [0.15, 0.2) is 18.2 Å². The molecule has 4 heteroatoms. The van der Waals surface area contributed by atoms with E-state index in [1.165, 1.54) is 12.1 Å². The van der Waals surface area contributed by atoms with Gasteiger partial charge in [0.1, 0.15) is 23.7 Å². The van der Waals surface area contributed by atoms with E-state index in [-0.39, 0.29) is 23.6 Å². The molecule has 0 unspecified atom stereocenters. The van der Waals surface area contributed by atoms with Gasteiger partial charge in [-0.05, 0) is 12.1 Å². The number of carbonyl (C=O) groups is 2. The second-order valence-electron chi connectivity index (χ2n) is 2.31. The number of pyridine rings is 1. The van der Waals surface area contributed by atoms with Crippen LogP contribution in [-0.2, 0) is 4.79 Å². The zero-order valence-electron chi connectivity index (χ0n) is 6.73. The van der Waals surface area contributed by atoms with E-state index < -0.39 is 0 Å².